The van der Waals surface area contributed by atoms with Crippen LogP contribution in [0.4, 0.5) is 5.69 Å². The second kappa shape index (κ2) is 7.77. The van der Waals surface area contributed by atoms with E-state index >= 15 is 0 Å². The summed E-state index contributed by atoms with van der Waals surface area (Å²) in [7, 11) is 3.76. The SMILES string of the molecule is CC(C)CN1C(=O)/C(=C\c2ccc(N(C)CCO)cc2)N(C)C1=S. The van der Waals surface area contributed by atoms with Crippen molar-refractivity contribution in [3.05, 3.63) is 35.5 Å². The van der Waals surface area contributed by atoms with Gasteiger partial charge in [0.25, 0.3) is 5.91 Å². The predicted octanol–water partition coefficient (Wildman–Crippen LogP) is 2.17. The number of amides is 1. The normalized spacial score (nSPS) is 16.7. The fourth-order valence-electron chi connectivity index (χ4n) is 2.60. The number of anilines is 1. The first-order chi connectivity index (χ1) is 11.3. The molecule has 1 fully saturated rings. The fraction of sp³-hybridized carbons (Fsp3) is 0.444. The maximum Gasteiger partial charge on any atom is 0.276 e. The molecule has 0 atom stereocenters. The van der Waals surface area contributed by atoms with Crippen molar-refractivity contribution in [3.8, 4) is 0 Å². The van der Waals surface area contributed by atoms with Gasteiger partial charge in [-0.2, -0.15) is 0 Å². The highest BCUT2D eigenvalue weighted by Crippen LogP contribution is 2.24. The fourth-order valence-corrected chi connectivity index (χ4v) is 2.86. The summed E-state index contributed by atoms with van der Waals surface area (Å²) in [6.45, 7) is 5.47. The minimum Gasteiger partial charge on any atom is -0.395 e. The van der Waals surface area contributed by atoms with Crippen molar-refractivity contribution in [2.24, 2.45) is 5.92 Å². The van der Waals surface area contributed by atoms with Gasteiger partial charge in [0.15, 0.2) is 5.11 Å². The van der Waals surface area contributed by atoms with Gasteiger partial charge in [-0.1, -0.05) is 26.0 Å². The Morgan fingerprint density at radius 3 is 2.46 bits per heavy atom. The summed E-state index contributed by atoms with van der Waals surface area (Å²) in [6, 6.07) is 7.88. The third-order valence-corrected chi connectivity index (χ3v) is 4.46. The predicted molar refractivity (Wildman–Crippen MR) is 102 cm³/mol. The Hall–Kier alpha value is -1.92. The molecule has 0 spiro atoms. The maximum absolute atomic E-state index is 12.6. The van der Waals surface area contributed by atoms with Crippen molar-refractivity contribution in [2.75, 3.05) is 38.7 Å². The first-order valence-electron chi connectivity index (χ1n) is 8.08. The summed E-state index contributed by atoms with van der Waals surface area (Å²) in [5, 5.41) is 9.56. The van der Waals surface area contributed by atoms with Gasteiger partial charge in [-0.3, -0.25) is 9.69 Å². The number of likely N-dealkylation sites (N-methyl/N-ethyl adjacent to an activating group) is 2. The number of hydrogen-bond acceptors (Lipinski definition) is 4. The number of carbonyl (C=O) groups is 1. The molecule has 1 saturated heterocycles. The van der Waals surface area contributed by atoms with Gasteiger partial charge in [-0.15, -0.1) is 0 Å². The third-order valence-electron chi connectivity index (χ3n) is 3.96. The van der Waals surface area contributed by atoms with E-state index in [-0.39, 0.29) is 12.5 Å². The summed E-state index contributed by atoms with van der Waals surface area (Å²) in [5.74, 6) is 0.318. The third kappa shape index (κ3) is 3.94. The number of thiocarbonyl (C=S) groups is 1. The van der Waals surface area contributed by atoms with Crippen LogP contribution >= 0.6 is 12.2 Å². The van der Waals surface area contributed by atoms with Gasteiger partial charge >= 0.3 is 0 Å². The molecule has 1 N–H and O–H groups in total. The van der Waals surface area contributed by atoms with E-state index in [2.05, 4.69) is 13.8 Å². The quantitative estimate of drug-likeness (QED) is 0.631. The number of rotatable bonds is 6. The Morgan fingerprint density at radius 2 is 1.92 bits per heavy atom. The highest BCUT2D eigenvalue weighted by molar-refractivity contribution is 7.80. The van der Waals surface area contributed by atoms with Crippen molar-refractivity contribution >= 4 is 35.0 Å². The molecule has 1 aromatic rings. The molecule has 1 aliphatic heterocycles. The van der Waals surface area contributed by atoms with Crippen LogP contribution in [0.15, 0.2) is 30.0 Å². The van der Waals surface area contributed by atoms with Crippen molar-refractivity contribution in [3.63, 3.8) is 0 Å². The lowest BCUT2D eigenvalue weighted by Crippen LogP contribution is -2.34. The van der Waals surface area contributed by atoms with Crippen LogP contribution in [-0.2, 0) is 4.79 Å². The van der Waals surface area contributed by atoms with Crippen LogP contribution in [0.5, 0.6) is 0 Å². The average Bonchev–Trinajstić information content (AvgIpc) is 2.73. The lowest BCUT2D eigenvalue weighted by Gasteiger charge is -2.18. The van der Waals surface area contributed by atoms with Crippen molar-refractivity contribution < 1.29 is 9.90 Å². The maximum atomic E-state index is 12.6. The van der Waals surface area contributed by atoms with E-state index in [1.807, 2.05) is 49.3 Å². The van der Waals surface area contributed by atoms with Crippen LogP contribution in [0.1, 0.15) is 19.4 Å². The largest absolute Gasteiger partial charge is 0.395 e. The smallest absolute Gasteiger partial charge is 0.276 e. The molecule has 0 radical (unpaired) electrons. The van der Waals surface area contributed by atoms with Crippen molar-refractivity contribution in [2.45, 2.75) is 13.8 Å². The van der Waals surface area contributed by atoms with E-state index in [0.29, 0.717) is 29.8 Å². The standard InChI is InChI=1S/C18H25N3O2S/c1-13(2)12-21-17(23)16(20(4)18(21)24)11-14-5-7-15(8-6-14)19(3)9-10-22/h5-8,11,13,22H,9-10,12H2,1-4H3/b16-11+. The molecule has 1 aliphatic rings. The van der Waals surface area contributed by atoms with E-state index in [0.717, 1.165) is 11.3 Å². The Balaban J connectivity index is 2.21. The number of carbonyl (C=O) groups excluding carboxylic acids is 1. The van der Waals surface area contributed by atoms with Crippen molar-refractivity contribution in [1.82, 2.24) is 9.80 Å². The Labute approximate surface area is 149 Å². The molecule has 130 valence electrons. The molecule has 1 aromatic carbocycles. The van der Waals surface area contributed by atoms with Gasteiger partial charge in [0.05, 0.1) is 6.61 Å². The molecule has 0 unspecified atom stereocenters. The van der Waals surface area contributed by atoms with Crippen LogP contribution in [0.3, 0.4) is 0 Å². The van der Waals surface area contributed by atoms with Crippen LogP contribution in [0.2, 0.25) is 0 Å². The summed E-state index contributed by atoms with van der Waals surface area (Å²) < 4.78 is 0. The zero-order chi connectivity index (χ0) is 17.9. The highest BCUT2D eigenvalue weighted by atomic mass is 32.1. The Morgan fingerprint density at radius 1 is 1.29 bits per heavy atom. The molecule has 0 aliphatic carbocycles. The van der Waals surface area contributed by atoms with Gasteiger partial charge in [0.1, 0.15) is 5.70 Å². The first-order valence-corrected chi connectivity index (χ1v) is 8.49. The van der Waals surface area contributed by atoms with E-state index < -0.39 is 0 Å². The molecule has 2 rings (SSSR count). The van der Waals surface area contributed by atoms with Gasteiger partial charge < -0.3 is 14.9 Å². The van der Waals surface area contributed by atoms with Gasteiger partial charge in [-0.25, -0.2) is 0 Å². The molecular weight excluding hydrogens is 322 g/mol. The minimum atomic E-state index is -0.0438. The van der Waals surface area contributed by atoms with Gasteiger partial charge in [-0.05, 0) is 41.9 Å². The molecule has 0 bridgehead atoms. The van der Waals surface area contributed by atoms with Crippen LogP contribution in [0.25, 0.3) is 6.08 Å². The second-order valence-corrected chi connectivity index (χ2v) is 6.78. The number of aliphatic hydroxyl groups excluding tert-OH is 1. The average molecular weight is 347 g/mol. The molecule has 6 heteroatoms. The zero-order valence-corrected chi connectivity index (χ0v) is 15.5. The number of nitrogens with zero attached hydrogens (tertiary/aromatic N) is 3. The number of aliphatic hydroxyl groups is 1. The Kier molecular flexibility index (Phi) is 5.96. The highest BCUT2D eigenvalue weighted by Gasteiger charge is 2.35. The first kappa shape index (κ1) is 18.4. The topological polar surface area (TPSA) is 47.0 Å². The molecule has 0 saturated carbocycles. The Bertz CT molecular complexity index is 640. The van der Waals surface area contributed by atoms with E-state index in [9.17, 15) is 4.79 Å². The van der Waals surface area contributed by atoms with E-state index in [4.69, 9.17) is 17.3 Å². The van der Waals surface area contributed by atoms with E-state index in [1.54, 1.807) is 9.80 Å². The van der Waals surface area contributed by atoms with Crippen LogP contribution in [0, 0.1) is 5.92 Å². The van der Waals surface area contributed by atoms with Crippen LogP contribution in [-0.4, -0.2) is 59.7 Å². The van der Waals surface area contributed by atoms with E-state index in [1.165, 1.54) is 0 Å². The zero-order valence-electron chi connectivity index (χ0n) is 14.7. The monoisotopic (exact) mass is 347 g/mol. The van der Waals surface area contributed by atoms with Crippen LogP contribution < -0.4 is 4.90 Å². The molecule has 1 amide bonds. The van der Waals surface area contributed by atoms with Gasteiger partial charge in [0, 0.05) is 32.9 Å². The molecule has 5 nitrogen and oxygen atoms in total. The molecule has 1 heterocycles. The summed E-state index contributed by atoms with van der Waals surface area (Å²) in [6.07, 6.45) is 1.87. The summed E-state index contributed by atoms with van der Waals surface area (Å²) in [5.41, 5.74) is 2.56. The molecule has 0 aromatic heterocycles. The number of benzene rings is 1. The second-order valence-electron chi connectivity index (χ2n) is 6.42. The lowest BCUT2D eigenvalue weighted by molar-refractivity contribution is -0.122. The summed E-state index contributed by atoms with van der Waals surface area (Å²) >= 11 is 5.40. The molecule has 24 heavy (non-hydrogen) atoms. The summed E-state index contributed by atoms with van der Waals surface area (Å²) in [4.78, 5) is 18.0. The number of hydrogen-bond donors (Lipinski definition) is 1. The van der Waals surface area contributed by atoms with Crippen molar-refractivity contribution in [1.29, 1.82) is 0 Å². The molecular formula is C18H25N3O2S. The minimum absolute atomic E-state index is 0.0438. The lowest BCUT2D eigenvalue weighted by atomic mass is 10.1. The van der Waals surface area contributed by atoms with Gasteiger partial charge in [0.2, 0.25) is 0 Å².